The van der Waals surface area contributed by atoms with Crippen LogP contribution in [-0.4, -0.2) is 18.6 Å². The molecule has 0 atom stereocenters. The van der Waals surface area contributed by atoms with Gasteiger partial charge in [0.15, 0.2) is 0 Å². The summed E-state index contributed by atoms with van der Waals surface area (Å²) in [6.45, 7) is 6.03. The highest BCUT2D eigenvalue weighted by Crippen LogP contribution is 2.21. The summed E-state index contributed by atoms with van der Waals surface area (Å²) >= 11 is 5.95. The van der Waals surface area contributed by atoms with Crippen molar-refractivity contribution < 1.29 is 9.53 Å². The van der Waals surface area contributed by atoms with Crippen LogP contribution in [0.2, 0.25) is 5.02 Å². The van der Waals surface area contributed by atoms with Crippen molar-refractivity contribution in [2.24, 2.45) is 0 Å². The molecular formula is C18H21ClN2O2. The minimum absolute atomic E-state index is 0.111. The maximum absolute atomic E-state index is 12.1. The van der Waals surface area contributed by atoms with Gasteiger partial charge in [0.1, 0.15) is 5.75 Å². The quantitative estimate of drug-likeness (QED) is 0.819. The SMILES string of the molecule is Cc1ccc(Cl)cc1NC(=O)CNc1cccc(OC(C)C)c1. The van der Waals surface area contributed by atoms with Crippen molar-refractivity contribution in [1.82, 2.24) is 0 Å². The topological polar surface area (TPSA) is 50.4 Å². The molecule has 0 fully saturated rings. The highest BCUT2D eigenvalue weighted by atomic mass is 35.5. The summed E-state index contributed by atoms with van der Waals surface area (Å²) < 4.78 is 5.63. The zero-order valence-corrected chi connectivity index (χ0v) is 14.3. The van der Waals surface area contributed by atoms with Crippen LogP contribution in [0, 0.1) is 6.92 Å². The van der Waals surface area contributed by atoms with Crippen molar-refractivity contribution in [1.29, 1.82) is 0 Å². The average molecular weight is 333 g/mol. The van der Waals surface area contributed by atoms with Gasteiger partial charge in [-0.15, -0.1) is 0 Å². The molecule has 2 rings (SSSR count). The molecular weight excluding hydrogens is 312 g/mol. The third-order valence-electron chi connectivity index (χ3n) is 3.13. The van der Waals surface area contributed by atoms with Crippen LogP contribution in [0.15, 0.2) is 42.5 Å². The van der Waals surface area contributed by atoms with Crippen LogP contribution in [0.25, 0.3) is 0 Å². The van der Waals surface area contributed by atoms with Crippen LogP contribution in [0.5, 0.6) is 5.75 Å². The molecule has 0 aromatic heterocycles. The Morgan fingerprint density at radius 2 is 2.00 bits per heavy atom. The molecule has 0 saturated carbocycles. The molecule has 5 heteroatoms. The molecule has 4 nitrogen and oxygen atoms in total. The lowest BCUT2D eigenvalue weighted by Crippen LogP contribution is -2.22. The molecule has 2 N–H and O–H groups in total. The maximum atomic E-state index is 12.1. The lowest BCUT2D eigenvalue weighted by atomic mass is 10.2. The van der Waals surface area contributed by atoms with Crippen LogP contribution in [-0.2, 0) is 4.79 Å². The van der Waals surface area contributed by atoms with E-state index in [9.17, 15) is 4.79 Å². The Hall–Kier alpha value is -2.20. The van der Waals surface area contributed by atoms with Crippen molar-refractivity contribution in [3.05, 3.63) is 53.1 Å². The average Bonchev–Trinajstić information content (AvgIpc) is 2.49. The molecule has 122 valence electrons. The summed E-state index contributed by atoms with van der Waals surface area (Å²) in [5.74, 6) is 0.640. The van der Waals surface area contributed by atoms with E-state index in [0.717, 1.165) is 22.7 Å². The minimum atomic E-state index is -0.134. The monoisotopic (exact) mass is 332 g/mol. The second-order valence-electron chi connectivity index (χ2n) is 5.56. The molecule has 0 aliphatic carbocycles. The standard InChI is InChI=1S/C18H21ClN2O2/c1-12(2)23-16-6-4-5-15(10-16)20-11-18(22)21-17-9-14(19)8-7-13(17)3/h4-10,12,20H,11H2,1-3H3,(H,21,22). The van der Waals surface area contributed by atoms with Crippen molar-refractivity contribution in [3.63, 3.8) is 0 Å². The summed E-state index contributed by atoms with van der Waals surface area (Å²) in [5, 5.41) is 6.53. The largest absolute Gasteiger partial charge is 0.491 e. The zero-order valence-electron chi connectivity index (χ0n) is 13.5. The number of ether oxygens (including phenoxy) is 1. The van der Waals surface area contributed by atoms with Crippen molar-refractivity contribution in [3.8, 4) is 5.75 Å². The van der Waals surface area contributed by atoms with Gasteiger partial charge in [-0.25, -0.2) is 0 Å². The van der Waals surface area contributed by atoms with Crippen LogP contribution in [0.3, 0.4) is 0 Å². The fraction of sp³-hybridized carbons (Fsp3) is 0.278. The van der Waals surface area contributed by atoms with Crippen LogP contribution in [0.1, 0.15) is 19.4 Å². The van der Waals surface area contributed by atoms with Gasteiger partial charge in [-0.1, -0.05) is 23.7 Å². The Labute approximate surface area is 141 Å². The molecule has 0 heterocycles. The number of carbonyl (C=O) groups excluding carboxylic acids is 1. The van der Waals surface area contributed by atoms with E-state index in [-0.39, 0.29) is 18.6 Å². The smallest absolute Gasteiger partial charge is 0.243 e. The number of amides is 1. The summed E-state index contributed by atoms with van der Waals surface area (Å²) in [6, 6.07) is 13.0. The van der Waals surface area contributed by atoms with E-state index in [1.807, 2.05) is 51.1 Å². The van der Waals surface area contributed by atoms with Crippen molar-refractivity contribution in [2.45, 2.75) is 26.9 Å². The van der Waals surface area contributed by atoms with Gasteiger partial charge in [-0.3, -0.25) is 4.79 Å². The Kier molecular flexibility index (Phi) is 5.88. The molecule has 1 amide bonds. The number of carbonyl (C=O) groups is 1. The van der Waals surface area contributed by atoms with Gasteiger partial charge in [0, 0.05) is 22.5 Å². The number of hydrogen-bond acceptors (Lipinski definition) is 3. The van der Waals surface area contributed by atoms with Crippen molar-refractivity contribution in [2.75, 3.05) is 17.2 Å². The number of anilines is 2. The van der Waals surface area contributed by atoms with Gasteiger partial charge in [0.2, 0.25) is 5.91 Å². The molecule has 0 bridgehead atoms. The first-order valence-corrected chi connectivity index (χ1v) is 7.88. The summed E-state index contributed by atoms with van der Waals surface area (Å²) in [5.41, 5.74) is 2.53. The first kappa shape index (κ1) is 17.2. The molecule has 2 aromatic carbocycles. The summed E-state index contributed by atoms with van der Waals surface area (Å²) in [7, 11) is 0. The van der Waals surface area contributed by atoms with E-state index >= 15 is 0 Å². The van der Waals surface area contributed by atoms with Crippen LogP contribution in [0.4, 0.5) is 11.4 Å². The second-order valence-corrected chi connectivity index (χ2v) is 5.99. The van der Waals surface area contributed by atoms with Gasteiger partial charge >= 0.3 is 0 Å². The fourth-order valence-electron chi connectivity index (χ4n) is 2.06. The maximum Gasteiger partial charge on any atom is 0.243 e. The lowest BCUT2D eigenvalue weighted by molar-refractivity contribution is -0.114. The normalized spacial score (nSPS) is 10.5. The second kappa shape index (κ2) is 7.88. The third kappa shape index (κ3) is 5.49. The number of nitrogens with one attached hydrogen (secondary N) is 2. The Bertz CT molecular complexity index is 686. The zero-order chi connectivity index (χ0) is 16.8. The van der Waals surface area contributed by atoms with Gasteiger partial charge < -0.3 is 15.4 Å². The highest BCUT2D eigenvalue weighted by Gasteiger charge is 2.06. The molecule has 0 aliphatic heterocycles. The Balaban J connectivity index is 1.93. The number of benzene rings is 2. The molecule has 23 heavy (non-hydrogen) atoms. The van der Waals surface area contributed by atoms with E-state index in [2.05, 4.69) is 10.6 Å². The van der Waals surface area contributed by atoms with Gasteiger partial charge in [0.05, 0.1) is 12.6 Å². The van der Waals surface area contributed by atoms with Gasteiger partial charge in [-0.2, -0.15) is 0 Å². The number of aryl methyl sites for hydroxylation is 1. The molecule has 0 radical (unpaired) electrons. The molecule has 2 aromatic rings. The van der Waals surface area contributed by atoms with Crippen LogP contribution < -0.4 is 15.4 Å². The predicted octanol–water partition coefficient (Wildman–Crippen LogP) is 4.49. The molecule has 0 aliphatic rings. The Morgan fingerprint density at radius 3 is 2.74 bits per heavy atom. The number of hydrogen-bond donors (Lipinski definition) is 2. The van der Waals surface area contributed by atoms with Crippen molar-refractivity contribution >= 4 is 28.9 Å². The lowest BCUT2D eigenvalue weighted by Gasteiger charge is -2.13. The molecule has 0 saturated heterocycles. The minimum Gasteiger partial charge on any atom is -0.491 e. The predicted molar refractivity (Wildman–Crippen MR) is 95.5 cm³/mol. The van der Waals surface area contributed by atoms with E-state index in [4.69, 9.17) is 16.3 Å². The number of rotatable bonds is 6. The first-order chi connectivity index (χ1) is 10.9. The van der Waals surface area contributed by atoms with E-state index in [1.165, 1.54) is 0 Å². The fourth-order valence-corrected chi connectivity index (χ4v) is 2.23. The van der Waals surface area contributed by atoms with Crippen LogP contribution >= 0.6 is 11.6 Å². The molecule has 0 spiro atoms. The van der Waals surface area contributed by atoms with E-state index in [1.54, 1.807) is 12.1 Å². The van der Waals surface area contributed by atoms with Gasteiger partial charge in [-0.05, 0) is 50.6 Å². The summed E-state index contributed by atoms with van der Waals surface area (Å²) in [4.78, 5) is 12.1. The highest BCUT2D eigenvalue weighted by molar-refractivity contribution is 6.31. The summed E-state index contributed by atoms with van der Waals surface area (Å²) in [6.07, 6.45) is 0.111. The Morgan fingerprint density at radius 1 is 1.22 bits per heavy atom. The van der Waals surface area contributed by atoms with Gasteiger partial charge in [0.25, 0.3) is 0 Å². The third-order valence-corrected chi connectivity index (χ3v) is 3.37. The first-order valence-electron chi connectivity index (χ1n) is 7.50. The number of halogens is 1. The van der Waals surface area contributed by atoms with E-state index in [0.29, 0.717) is 5.02 Å². The molecule has 0 unspecified atom stereocenters. The van der Waals surface area contributed by atoms with E-state index < -0.39 is 0 Å².